The number of rotatable bonds is 6. The predicted octanol–water partition coefficient (Wildman–Crippen LogP) is 3.79. The number of nitrogens with zero attached hydrogens (tertiary/aromatic N) is 4. The molecule has 8 heteroatoms. The molecule has 0 aliphatic heterocycles. The van der Waals surface area contributed by atoms with Crippen LogP contribution < -0.4 is 10.1 Å². The average molecular weight is 409 g/mol. The maximum Gasteiger partial charge on any atom is 0.258 e. The van der Waals surface area contributed by atoms with Crippen LogP contribution in [0.2, 0.25) is 0 Å². The molecule has 3 aromatic heterocycles. The van der Waals surface area contributed by atoms with Crippen LogP contribution in [0.1, 0.15) is 52.7 Å². The summed E-state index contributed by atoms with van der Waals surface area (Å²) < 4.78 is 11.3. The van der Waals surface area contributed by atoms with Gasteiger partial charge in [0.05, 0.1) is 30.3 Å². The Bertz CT molecular complexity index is 1130. The number of carbonyl (C=O) groups is 1. The largest absolute Gasteiger partial charge is 0.496 e. The molecule has 1 saturated carbocycles. The number of furan rings is 1. The van der Waals surface area contributed by atoms with E-state index in [2.05, 4.69) is 27.2 Å². The number of fused-ring (bicyclic) bond motifs is 1. The summed E-state index contributed by atoms with van der Waals surface area (Å²) in [5.74, 6) is 1.80. The number of hydrogen-bond donors (Lipinski definition) is 1. The lowest BCUT2D eigenvalue weighted by atomic mass is 10.1. The third kappa shape index (κ3) is 3.46. The fourth-order valence-electron chi connectivity index (χ4n) is 3.71. The van der Waals surface area contributed by atoms with Gasteiger partial charge in [-0.05, 0) is 40.5 Å². The Labute approximate surface area is 175 Å². The Kier molecular flexibility index (Phi) is 4.88. The van der Waals surface area contributed by atoms with Gasteiger partial charge in [-0.15, -0.1) is 0 Å². The molecule has 0 unspecified atom stereocenters. The normalized spacial score (nSPS) is 14.6. The molecular weight excluding hydrogens is 382 g/mol. The van der Waals surface area contributed by atoms with Crippen molar-refractivity contribution in [2.24, 2.45) is 0 Å². The molecular formula is C22H27N5O3. The first-order chi connectivity index (χ1) is 14.2. The van der Waals surface area contributed by atoms with Gasteiger partial charge in [-0.3, -0.25) is 9.78 Å². The summed E-state index contributed by atoms with van der Waals surface area (Å²) in [5.41, 5.74) is 3.59. The highest BCUT2D eigenvalue weighted by Gasteiger charge is 2.38. The molecule has 1 aliphatic carbocycles. The van der Waals surface area contributed by atoms with E-state index in [1.54, 1.807) is 32.2 Å². The lowest BCUT2D eigenvalue weighted by Gasteiger charge is -2.20. The first-order valence-corrected chi connectivity index (χ1v) is 10.0. The molecule has 1 amide bonds. The fourth-order valence-corrected chi connectivity index (χ4v) is 3.71. The van der Waals surface area contributed by atoms with Crippen LogP contribution in [0.3, 0.4) is 0 Å². The number of nitrogens with one attached hydrogen (secondary N) is 1. The Morgan fingerprint density at radius 3 is 2.67 bits per heavy atom. The number of amides is 1. The van der Waals surface area contributed by atoms with Crippen molar-refractivity contribution in [2.75, 3.05) is 19.5 Å². The molecule has 0 radical (unpaired) electrons. The van der Waals surface area contributed by atoms with Crippen LogP contribution in [-0.4, -0.2) is 45.5 Å². The summed E-state index contributed by atoms with van der Waals surface area (Å²) in [7, 11) is 3.40. The summed E-state index contributed by atoms with van der Waals surface area (Å²) in [6, 6.07) is 0. The van der Waals surface area contributed by atoms with Crippen LogP contribution in [0, 0.1) is 20.8 Å². The van der Waals surface area contributed by atoms with Crippen molar-refractivity contribution in [1.29, 1.82) is 0 Å². The molecule has 0 bridgehead atoms. The average Bonchev–Trinajstić information content (AvgIpc) is 3.32. The number of aromatic nitrogens is 3. The number of pyridine rings is 1. The maximum atomic E-state index is 13.4. The highest BCUT2D eigenvalue weighted by atomic mass is 16.5. The van der Waals surface area contributed by atoms with E-state index in [-0.39, 0.29) is 11.4 Å². The van der Waals surface area contributed by atoms with Gasteiger partial charge in [-0.25, -0.2) is 9.97 Å². The summed E-state index contributed by atoms with van der Waals surface area (Å²) in [4.78, 5) is 28.2. The zero-order chi connectivity index (χ0) is 21.6. The lowest BCUT2D eigenvalue weighted by Crippen LogP contribution is -2.28. The van der Waals surface area contributed by atoms with Gasteiger partial charge in [0, 0.05) is 29.9 Å². The molecule has 158 valence electrons. The second-order valence-corrected chi connectivity index (χ2v) is 8.33. The number of methoxy groups -OCH3 is 1. The summed E-state index contributed by atoms with van der Waals surface area (Å²) >= 11 is 0. The van der Waals surface area contributed by atoms with E-state index < -0.39 is 0 Å². The van der Waals surface area contributed by atoms with Crippen LogP contribution in [-0.2, 0) is 6.54 Å². The summed E-state index contributed by atoms with van der Waals surface area (Å²) in [5, 5.41) is 4.08. The Morgan fingerprint density at radius 2 is 2.00 bits per heavy atom. The van der Waals surface area contributed by atoms with Crippen molar-refractivity contribution < 1.29 is 13.9 Å². The number of ether oxygens (including phenoxy) is 1. The van der Waals surface area contributed by atoms with Crippen LogP contribution in [0.4, 0.5) is 5.82 Å². The highest BCUT2D eigenvalue weighted by molar-refractivity contribution is 6.10. The van der Waals surface area contributed by atoms with Crippen molar-refractivity contribution in [3.8, 4) is 5.75 Å². The van der Waals surface area contributed by atoms with E-state index >= 15 is 0 Å². The maximum absolute atomic E-state index is 13.4. The highest BCUT2D eigenvalue weighted by Crippen LogP contribution is 2.40. The van der Waals surface area contributed by atoms with E-state index in [0.717, 1.165) is 35.4 Å². The second kappa shape index (κ2) is 7.27. The summed E-state index contributed by atoms with van der Waals surface area (Å²) in [6.45, 7) is 8.18. The Hall–Kier alpha value is -3.16. The van der Waals surface area contributed by atoms with Crippen LogP contribution in [0.25, 0.3) is 11.1 Å². The molecule has 0 spiro atoms. The fraction of sp³-hybridized carbons (Fsp3) is 0.455. The molecule has 1 aliphatic rings. The molecule has 0 aromatic carbocycles. The van der Waals surface area contributed by atoms with Crippen molar-refractivity contribution in [1.82, 2.24) is 19.9 Å². The molecule has 0 atom stereocenters. The number of anilines is 1. The van der Waals surface area contributed by atoms with E-state index in [4.69, 9.17) is 9.15 Å². The third-order valence-corrected chi connectivity index (χ3v) is 5.78. The smallest absolute Gasteiger partial charge is 0.258 e. The van der Waals surface area contributed by atoms with E-state index in [1.807, 2.05) is 13.8 Å². The van der Waals surface area contributed by atoms with E-state index in [0.29, 0.717) is 34.8 Å². The minimum absolute atomic E-state index is 0.0121. The Balaban J connectivity index is 1.69. The molecule has 3 aromatic rings. The summed E-state index contributed by atoms with van der Waals surface area (Å²) in [6.07, 6.45) is 5.37. The van der Waals surface area contributed by atoms with Gasteiger partial charge in [0.15, 0.2) is 0 Å². The van der Waals surface area contributed by atoms with Gasteiger partial charge in [0.25, 0.3) is 5.91 Å². The first-order valence-electron chi connectivity index (χ1n) is 10.0. The SMILES string of the molecule is COc1c(C)cnc(CN(C)C(=O)c2c(C)oc3ncnc(NC4(C)CC4)c23)c1C. The van der Waals surface area contributed by atoms with Gasteiger partial charge < -0.3 is 19.4 Å². The molecule has 0 saturated heterocycles. The standard InChI is InChI=1S/C22H27N5O3/c1-12-9-23-15(13(2)18(12)29-6)10-27(5)21(28)16-14(3)30-20-17(16)19(24-11-25-20)26-22(4)7-8-22/h9,11H,7-8,10H2,1-6H3,(H,24,25,26). The molecule has 8 nitrogen and oxygen atoms in total. The first kappa shape index (κ1) is 20.1. The number of hydrogen-bond acceptors (Lipinski definition) is 7. The van der Waals surface area contributed by atoms with Crippen LogP contribution >= 0.6 is 0 Å². The predicted molar refractivity (Wildman–Crippen MR) is 114 cm³/mol. The van der Waals surface area contributed by atoms with E-state index in [1.165, 1.54) is 6.33 Å². The zero-order valence-electron chi connectivity index (χ0n) is 18.3. The zero-order valence-corrected chi connectivity index (χ0v) is 18.3. The van der Waals surface area contributed by atoms with Gasteiger partial charge in [-0.2, -0.15) is 0 Å². The second-order valence-electron chi connectivity index (χ2n) is 8.33. The van der Waals surface area contributed by atoms with Gasteiger partial charge in [0.1, 0.15) is 23.7 Å². The molecule has 30 heavy (non-hydrogen) atoms. The minimum atomic E-state index is -0.161. The van der Waals surface area contributed by atoms with Crippen LogP contribution in [0.5, 0.6) is 5.75 Å². The van der Waals surface area contributed by atoms with Crippen molar-refractivity contribution in [2.45, 2.75) is 52.6 Å². The van der Waals surface area contributed by atoms with Gasteiger partial charge in [-0.1, -0.05) is 0 Å². The molecule has 3 heterocycles. The monoisotopic (exact) mass is 409 g/mol. The minimum Gasteiger partial charge on any atom is -0.496 e. The Morgan fingerprint density at radius 1 is 1.27 bits per heavy atom. The number of aryl methyl sites for hydroxylation is 2. The lowest BCUT2D eigenvalue weighted by molar-refractivity contribution is 0.0783. The topological polar surface area (TPSA) is 93.4 Å². The van der Waals surface area contributed by atoms with Gasteiger partial charge >= 0.3 is 0 Å². The van der Waals surface area contributed by atoms with Gasteiger partial charge in [0.2, 0.25) is 5.71 Å². The van der Waals surface area contributed by atoms with E-state index in [9.17, 15) is 4.79 Å². The third-order valence-electron chi connectivity index (χ3n) is 5.78. The van der Waals surface area contributed by atoms with Crippen LogP contribution in [0.15, 0.2) is 16.9 Å². The van der Waals surface area contributed by atoms with Crippen molar-refractivity contribution in [3.05, 3.63) is 40.7 Å². The van der Waals surface area contributed by atoms with Crippen molar-refractivity contribution >= 4 is 22.8 Å². The quantitative estimate of drug-likeness (QED) is 0.662. The molecule has 4 rings (SSSR count). The number of carbonyl (C=O) groups excluding carboxylic acids is 1. The molecule has 1 fully saturated rings. The van der Waals surface area contributed by atoms with Crippen molar-refractivity contribution in [3.63, 3.8) is 0 Å². The molecule has 1 N–H and O–H groups in total.